The van der Waals surface area contributed by atoms with Crippen LogP contribution in [0.5, 0.6) is 5.75 Å². The van der Waals surface area contributed by atoms with Crippen LogP contribution in [-0.4, -0.2) is 36.4 Å². The highest BCUT2D eigenvalue weighted by atomic mass is 16.5. The maximum atomic E-state index is 12.0. The molecule has 21 heavy (non-hydrogen) atoms. The second-order valence-electron chi connectivity index (χ2n) is 5.19. The molecule has 6 nitrogen and oxygen atoms in total. The predicted octanol–water partition coefficient (Wildman–Crippen LogP) is 0.927. The number of para-hydroxylation sites is 1. The van der Waals surface area contributed by atoms with E-state index >= 15 is 0 Å². The van der Waals surface area contributed by atoms with Crippen molar-refractivity contribution < 1.29 is 14.3 Å². The van der Waals surface area contributed by atoms with Gasteiger partial charge in [-0.15, -0.1) is 0 Å². The number of piperidine rings is 1. The summed E-state index contributed by atoms with van der Waals surface area (Å²) in [6.07, 6.45) is 1.98. The lowest BCUT2D eigenvalue weighted by Gasteiger charge is -2.30. The van der Waals surface area contributed by atoms with E-state index < -0.39 is 5.91 Å². The van der Waals surface area contributed by atoms with Crippen LogP contribution < -0.4 is 16.0 Å². The Balaban J connectivity index is 1.92. The number of nitrogens with two attached hydrogens (primary N) is 1. The number of rotatable bonds is 5. The van der Waals surface area contributed by atoms with Gasteiger partial charge in [-0.2, -0.15) is 0 Å². The van der Waals surface area contributed by atoms with E-state index in [1.54, 1.807) is 24.3 Å². The third-order valence-electron chi connectivity index (χ3n) is 3.68. The monoisotopic (exact) mass is 291 g/mol. The molecular formula is C15H21N3O3. The molecule has 1 aromatic carbocycles. The molecule has 1 aromatic rings. The SMILES string of the molecule is CC1CCCN(CCOc2ccccc2C(=O)NN)C1=O. The first kappa shape index (κ1) is 15.3. The van der Waals surface area contributed by atoms with Gasteiger partial charge in [-0.25, -0.2) is 5.84 Å². The summed E-state index contributed by atoms with van der Waals surface area (Å²) in [6.45, 7) is 3.61. The van der Waals surface area contributed by atoms with Gasteiger partial charge in [0.05, 0.1) is 12.1 Å². The molecule has 0 aromatic heterocycles. The maximum absolute atomic E-state index is 12.0. The minimum absolute atomic E-state index is 0.0917. The number of amides is 2. The van der Waals surface area contributed by atoms with E-state index in [9.17, 15) is 9.59 Å². The van der Waals surface area contributed by atoms with Gasteiger partial charge in [-0.3, -0.25) is 15.0 Å². The standard InChI is InChI=1S/C15H21N3O3/c1-11-5-4-8-18(15(11)20)9-10-21-13-7-3-2-6-12(13)14(19)17-16/h2-3,6-7,11H,4-5,8-10,16H2,1H3,(H,17,19). The van der Waals surface area contributed by atoms with Crippen LogP contribution in [0.1, 0.15) is 30.1 Å². The average Bonchev–Trinajstić information content (AvgIpc) is 2.51. The molecular weight excluding hydrogens is 270 g/mol. The highest BCUT2D eigenvalue weighted by Gasteiger charge is 2.24. The number of likely N-dealkylation sites (tertiary alicyclic amines) is 1. The molecule has 1 aliphatic heterocycles. The predicted molar refractivity (Wildman–Crippen MR) is 78.6 cm³/mol. The number of hydrazine groups is 1. The van der Waals surface area contributed by atoms with Crippen molar-refractivity contribution >= 4 is 11.8 Å². The van der Waals surface area contributed by atoms with E-state index in [0.29, 0.717) is 24.5 Å². The molecule has 1 saturated heterocycles. The van der Waals surface area contributed by atoms with Gasteiger partial charge in [0.2, 0.25) is 5.91 Å². The van der Waals surface area contributed by atoms with Crippen molar-refractivity contribution in [1.29, 1.82) is 0 Å². The van der Waals surface area contributed by atoms with E-state index in [-0.39, 0.29) is 11.8 Å². The minimum Gasteiger partial charge on any atom is -0.491 e. The van der Waals surface area contributed by atoms with Crippen molar-refractivity contribution in [3.8, 4) is 5.75 Å². The molecule has 2 amide bonds. The zero-order chi connectivity index (χ0) is 15.2. The molecule has 0 aliphatic carbocycles. The minimum atomic E-state index is -0.395. The third kappa shape index (κ3) is 3.72. The number of nitrogen functional groups attached to an aromatic ring is 1. The molecule has 0 bridgehead atoms. The number of ether oxygens (including phenoxy) is 1. The van der Waals surface area contributed by atoms with Gasteiger partial charge in [0, 0.05) is 12.5 Å². The highest BCUT2D eigenvalue weighted by Crippen LogP contribution is 2.19. The molecule has 1 heterocycles. The third-order valence-corrected chi connectivity index (χ3v) is 3.68. The van der Waals surface area contributed by atoms with E-state index in [0.717, 1.165) is 19.4 Å². The van der Waals surface area contributed by atoms with Gasteiger partial charge in [0.15, 0.2) is 0 Å². The first-order valence-electron chi connectivity index (χ1n) is 7.15. The number of hydrogen-bond acceptors (Lipinski definition) is 4. The van der Waals surface area contributed by atoms with Gasteiger partial charge in [-0.1, -0.05) is 19.1 Å². The number of carbonyl (C=O) groups excluding carboxylic acids is 2. The Morgan fingerprint density at radius 2 is 2.24 bits per heavy atom. The molecule has 2 rings (SSSR count). The van der Waals surface area contributed by atoms with Gasteiger partial charge >= 0.3 is 0 Å². The molecule has 0 radical (unpaired) electrons. The quantitative estimate of drug-likeness (QED) is 0.480. The van der Waals surface area contributed by atoms with Crippen LogP contribution in [0.4, 0.5) is 0 Å². The Morgan fingerprint density at radius 1 is 1.48 bits per heavy atom. The van der Waals surface area contributed by atoms with Crippen molar-refractivity contribution in [3.63, 3.8) is 0 Å². The van der Waals surface area contributed by atoms with Crippen molar-refractivity contribution in [1.82, 2.24) is 10.3 Å². The fourth-order valence-corrected chi connectivity index (χ4v) is 2.48. The van der Waals surface area contributed by atoms with E-state index in [1.165, 1.54) is 0 Å². The van der Waals surface area contributed by atoms with Crippen molar-refractivity contribution in [2.45, 2.75) is 19.8 Å². The fourth-order valence-electron chi connectivity index (χ4n) is 2.48. The van der Waals surface area contributed by atoms with Crippen LogP contribution in [0, 0.1) is 5.92 Å². The molecule has 1 aliphatic rings. The Morgan fingerprint density at radius 3 is 3.00 bits per heavy atom. The first-order chi connectivity index (χ1) is 10.1. The summed E-state index contributed by atoms with van der Waals surface area (Å²) in [4.78, 5) is 25.4. The van der Waals surface area contributed by atoms with E-state index in [1.807, 2.05) is 11.8 Å². The molecule has 1 unspecified atom stereocenters. The van der Waals surface area contributed by atoms with Crippen LogP contribution in [0.3, 0.4) is 0 Å². The zero-order valence-electron chi connectivity index (χ0n) is 12.2. The molecule has 0 spiro atoms. The molecule has 114 valence electrons. The van der Waals surface area contributed by atoms with E-state index in [4.69, 9.17) is 10.6 Å². The molecule has 6 heteroatoms. The number of benzene rings is 1. The normalized spacial score (nSPS) is 18.5. The summed E-state index contributed by atoms with van der Waals surface area (Å²) >= 11 is 0. The molecule has 1 atom stereocenters. The summed E-state index contributed by atoms with van der Waals surface area (Å²) in [5, 5.41) is 0. The summed E-state index contributed by atoms with van der Waals surface area (Å²) in [6, 6.07) is 6.89. The topological polar surface area (TPSA) is 84.7 Å². The maximum Gasteiger partial charge on any atom is 0.268 e. The van der Waals surface area contributed by atoms with Gasteiger partial charge in [0.1, 0.15) is 12.4 Å². The number of nitrogens with one attached hydrogen (secondary N) is 1. The highest BCUT2D eigenvalue weighted by molar-refractivity contribution is 5.96. The van der Waals surface area contributed by atoms with Crippen LogP contribution >= 0.6 is 0 Å². The molecule has 0 saturated carbocycles. The van der Waals surface area contributed by atoms with Crippen molar-refractivity contribution in [2.24, 2.45) is 11.8 Å². The van der Waals surface area contributed by atoms with Crippen molar-refractivity contribution in [3.05, 3.63) is 29.8 Å². The number of hydrogen-bond donors (Lipinski definition) is 2. The van der Waals surface area contributed by atoms with Crippen LogP contribution in [0.2, 0.25) is 0 Å². The molecule has 3 N–H and O–H groups in total. The molecule has 1 fully saturated rings. The summed E-state index contributed by atoms with van der Waals surface area (Å²) in [5.74, 6) is 5.49. The van der Waals surface area contributed by atoms with Crippen LogP contribution in [0.15, 0.2) is 24.3 Å². The summed E-state index contributed by atoms with van der Waals surface area (Å²) < 4.78 is 5.64. The lowest BCUT2D eigenvalue weighted by molar-refractivity contribution is -0.138. The zero-order valence-corrected chi connectivity index (χ0v) is 12.2. The average molecular weight is 291 g/mol. The Bertz CT molecular complexity index is 519. The van der Waals surface area contributed by atoms with Gasteiger partial charge in [-0.05, 0) is 25.0 Å². The lowest BCUT2D eigenvalue weighted by atomic mass is 9.99. The largest absolute Gasteiger partial charge is 0.491 e. The fraction of sp³-hybridized carbons (Fsp3) is 0.467. The smallest absolute Gasteiger partial charge is 0.268 e. The Kier molecular flexibility index (Phi) is 5.16. The van der Waals surface area contributed by atoms with Crippen molar-refractivity contribution in [2.75, 3.05) is 19.7 Å². The van der Waals surface area contributed by atoms with Gasteiger partial charge < -0.3 is 9.64 Å². The lowest BCUT2D eigenvalue weighted by Crippen LogP contribution is -2.42. The second-order valence-corrected chi connectivity index (χ2v) is 5.19. The number of carbonyl (C=O) groups is 2. The second kappa shape index (κ2) is 7.08. The van der Waals surface area contributed by atoms with E-state index in [2.05, 4.69) is 5.43 Å². The van der Waals surface area contributed by atoms with Gasteiger partial charge in [0.25, 0.3) is 5.91 Å². The summed E-state index contributed by atoms with van der Waals surface area (Å²) in [7, 11) is 0. The Hall–Kier alpha value is -2.08. The summed E-state index contributed by atoms with van der Waals surface area (Å²) in [5.41, 5.74) is 2.48. The van der Waals surface area contributed by atoms with Crippen LogP contribution in [0.25, 0.3) is 0 Å². The Labute approximate surface area is 124 Å². The van der Waals surface area contributed by atoms with Crippen LogP contribution in [-0.2, 0) is 4.79 Å². The first-order valence-corrected chi connectivity index (χ1v) is 7.15. The number of nitrogens with zero attached hydrogens (tertiary/aromatic N) is 1.